The van der Waals surface area contributed by atoms with Crippen molar-refractivity contribution in [3.63, 3.8) is 0 Å². The maximum atomic E-state index is 11.9. The molecule has 0 radical (unpaired) electrons. The largest absolute Gasteiger partial charge is 0.574 e. The fraction of sp³-hybridized carbons (Fsp3) is 0.250. The summed E-state index contributed by atoms with van der Waals surface area (Å²) in [5, 5.41) is 0. The molecule has 0 aliphatic heterocycles. The van der Waals surface area contributed by atoms with Crippen LogP contribution in [0.25, 0.3) is 0 Å². The monoisotopic (exact) mass is 346 g/mol. The molecule has 0 amide bonds. The van der Waals surface area contributed by atoms with Gasteiger partial charge in [-0.2, -0.15) is 0 Å². The van der Waals surface area contributed by atoms with Crippen molar-refractivity contribution in [3.8, 4) is 5.88 Å². The van der Waals surface area contributed by atoms with Gasteiger partial charge in [0.2, 0.25) is 5.88 Å². The van der Waals surface area contributed by atoms with E-state index in [0.717, 1.165) is 6.07 Å². The highest BCUT2D eigenvalue weighted by atomic mass is 127. The first kappa shape index (κ1) is 13.2. The van der Waals surface area contributed by atoms with Gasteiger partial charge in [0.15, 0.2) is 6.29 Å². The number of hydrogen-bond acceptors (Lipinski definition) is 4. The van der Waals surface area contributed by atoms with Crippen LogP contribution in [-0.2, 0) is 6.54 Å². The minimum absolute atomic E-state index is 0.00412. The Morgan fingerprint density at radius 1 is 1.56 bits per heavy atom. The van der Waals surface area contributed by atoms with Gasteiger partial charge in [0.05, 0.1) is 0 Å². The molecule has 0 spiro atoms. The molecule has 2 N–H and O–H groups in total. The Morgan fingerprint density at radius 3 is 2.62 bits per heavy atom. The van der Waals surface area contributed by atoms with E-state index >= 15 is 0 Å². The Morgan fingerprint density at radius 2 is 2.19 bits per heavy atom. The summed E-state index contributed by atoms with van der Waals surface area (Å²) in [5.74, 6) is -0.685. The highest BCUT2D eigenvalue weighted by Crippen LogP contribution is 2.25. The van der Waals surface area contributed by atoms with Gasteiger partial charge in [-0.25, -0.2) is 4.98 Å². The Labute approximate surface area is 102 Å². The molecule has 0 unspecified atom stereocenters. The topological polar surface area (TPSA) is 65.2 Å². The number of ether oxygens (including phenoxy) is 1. The lowest BCUT2D eigenvalue weighted by Crippen LogP contribution is -2.19. The molecule has 1 rings (SSSR count). The van der Waals surface area contributed by atoms with Gasteiger partial charge >= 0.3 is 6.36 Å². The summed E-state index contributed by atoms with van der Waals surface area (Å²) < 4.78 is 39.8. The molecule has 0 aliphatic carbocycles. The predicted octanol–water partition coefficient (Wildman–Crippen LogP) is 1.86. The van der Waals surface area contributed by atoms with Gasteiger partial charge in [-0.1, -0.05) is 0 Å². The van der Waals surface area contributed by atoms with Crippen molar-refractivity contribution in [2.75, 3.05) is 0 Å². The van der Waals surface area contributed by atoms with E-state index in [1.54, 1.807) is 22.6 Å². The van der Waals surface area contributed by atoms with E-state index in [2.05, 4.69) is 9.72 Å². The van der Waals surface area contributed by atoms with E-state index in [4.69, 9.17) is 5.73 Å². The summed E-state index contributed by atoms with van der Waals surface area (Å²) in [6, 6.07) is 1.06. The molecule has 88 valence electrons. The first-order valence-electron chi connectivity index (χ1n) is 3.97. The minimum atomic E-state index is -4.84. The molecule has 16 heavy (non-hydrogen) atoms. The molecule has 1 aromatic heterocycles. The van der Waals surface area contributed by atoms with Crippen LogP contribution in [-0.4, -0.2) is 17.6 Å². The molecule has 1 heterocycles. The van der Waals surface area contributed by atoms with E-state index in [1.807, 2.05) is 0 Å². The van der Waals surface area contributed by atoms with Crippen molar-refractivity contribution in [2.45, 2.75) is 12.9 Å². The van der Waals surface area contributed by atoms with Crippen molar-refractivity contribution in [1.29, 1.82) is 0 Å². The van der Waals surface area contributed by atoms with Crippen LogP contribution < -0.4 is 10.5 Å². The zero-order valence-electron chi connectivity index (χ0n) is 7.71. The number of halogens is 4. The number of carbonyl (C=O) groups is 1. The quantitative estimate of drug-likeness (QED) is 0.670. The second kappa shape index (κ2) is 4.95. The van der Waals surface area contributed by atoms with Gasteiger partial charge in [0, 0.05) is 16.2 Å². The number of aromatic nitrogens is 1. The maximum absolute atomic E-state index is 11.9. The molecule has 0 saturated carbocycles. The lowest BCUT2D eigenvalue weighted by molar-refractivity contribution is -0.276. The van der Waals surface area contributed by atoms with Crippen molar-refractivity contribution in [1.82, 2.24) is 4.98 Å². The second-order valence-corrected chi connectivity index (χ2v) is 3.77. The van der Waals surface area contributed by atoms with Crippen LogP contribution in [0.2, 0.25) is 0 Å². The fourth-order valence-corrected chi connectivity index (χ4v) is 1.60. The SMILES string of the molecule is NCc1cc(OC(F)(F)F)nc(C=O)c1I. The van der Waals surface area contributed by atoms with Gasteiger partial charge in [-0.05, 0) is 28.2 Å². The Hall–Kier alpha value is -0.900. The minimum Gasteiger partial charge on any atom is -0.388 e. The lowest BCUT2D eigenvalue weighted by Gasteiger charge is -2.10. The smallest absolute Gasteiger partial charge is 0.388 e. The molecular weight excluding hydrogens is 340 g/mol. The van der Waals surface area contributed by atoms with E-state index in [1.165, 1.54) is 0 Å². The third-order valence-corrected chi connectivity index (χ3v) is 2.83. The standard InChI is InChI=1S/C8H6F3IN2O2/c9-8(10,11)16-6-1-4(2-13)7(12)5(3-15)14-6/h1,3H,2,13H2. The van der Waals surface area contributed by atoms with Crippen molar-refractivity contribution >= 4 is 28.9 Å². The first-order chi connectivity index (χ1) is 7.37. The summed E-state index contributed by atoms with van der Waals surface area (Å²) in [5.41, 5.74) is 5.57. The Balaban J connectivity index is 3.17. The van der Waals surface area contributed by atoms with E-state index in [9.17, 15) is 18.0 Å². The summed E-state index contributed by atoms with van der Waals surface area (Å²) in [6.45, 7) is -0.00412. The van der Waals surface area contributed by atoms with Crippen LogP contribution in [0, 0.1) is 3.57 Å². The third kappa shape index (κ3) is 3.30. The number of carbonyl (C=O) groups excluding carboxylic acids is 1. The summed E-state index contributed by atoms with van der Waals surface area (Å²) in [6.07, 6.45) is -4.49. The number of hydrogen-bond donors (Lipinski definition) is 1. The number of alkyl halides is 3. The normalized spacial score (nSPS) is 11.3. The van der Waals surface area contributed by atoms with Gasteiger partial charge in [0.1, 0.15) is 5.69 Å². The maximum Gasteiger partial charge on any atom is 0.574 e. The van der Waals surface area contributed by atoms with E-state index in [-0.39, 0.29) is 12.2 Å². The molecule has 0 aromatic carbocycles. The van der Waals surface area contributed by atoms with E-state index in [0.29, 0.717) is 15.4 Å². The molecule has 4 nitrogen and oxygen atoms in total. The molecule has 0 bridgehead atoms. The average Bonchev–Trinajstić information content (AvgIpc) is 2.18. The first-order valence-corrected chi connectivity index (χ1v) is 5.05. The number of pyridine rings is 1. The zero-order chi connectivity index (χ0) is 12.3. The highest BCUT2D eigenvalue weighted by Gasteiger charge is 2.32. The summed E-state index contributed by atoms with van der Waals surface area (Å²) in [7, 11) is 0. The lowest BCUT2D eigenvalue weighted by atomic mass is 10.2. The number of aldehydes is 1. The van der Waals surface area contributed by atoms with Crippen LogP contribution in [0.1, 0.15) is 16.1 Å². The van der Waals surface area contributed by atoms with E-state index < -0.39 is 12.2 Å². The molecule has 8 heteroatoms. The van der Waals surface area contributed by atoms with Crippen LogP contribution >= 0.6 is 22.6 Å². The predicted molar refractivity (Wildman–Crippen MR) is 56.9 cm³/mol. The molecule has 0 aliphatic rings. The zero-order valence-corrected chi connectivity index (χ0v) is 9.87. The van der Waals surface area contributed by atoms with Crippen molar-refractivity contribution < 1.29 is 22.7 Å². The molecular formula is C8H6F3IN2O2. The molecule has 0 fully saturated rings. The van der Waals surface area contributed by atoms with Crippen LogP contribution in [0.5, 0.6) is 5.88 Å². The summed E-state index contributed by atoms with van der Waals surface area (Å²) >= 11 is 1.78. The van der Waals surface area contributed by atoms with Gasteiger partial charge in [-0.15, -0.1) is 13.2 Å². The number of nitrogens with zero attached hydrogens (tertiary/aromatic N) is 1. The second-order valence-electron chi connectivity index (χ2n) is 2.69. The van der Waals surface area contributed by atoms with Gasteiger partial charge in [-0.3, -0.25) is 4.79 Å². The fourth-order valence-electron chi connectivity index (χ4n) is 0.974. The average molecular weight is 346 g/mol. The Bertz CT molecular complexity index is 409. The summed E-state index contributed by atoms with van der Waals surface area (Å²) in [4.78, 5) is 14.0. The van der Waals surface area contributed by atoms with Crippen LogP contribution in [0.3, 0.4) is 0 Å². The van der Waals surface area contributed by atoms with Gasteiger partial charge < -0.3 is 10.5 Å². The Kier molecular flexibility index (Phi) is 4.08. The molecule has 1 aromatic rings. The van der Waals surface area contributed by atoms with Crippen LogP contribution in [0.15, 0.2) is 6.07 Å². The van der Waals surface area contributed by atoms with Crippen molar-refractivity contribution in [3.05, 3.63) is 20.9 Å². The number of rotatable bonds is 3. The molecule has 0 atom stereocenters. The molecule has 0 saturated heterocycles. The number of nitrogens with two attached hydrogens (primary N) is 1. The van der Waals surface area contributed by atoms with Crippen LogP contribution in [0.4, 0.5) is 13.2 Å². The third-order valence-electron chi connectivity index (χ3n) is 1.59. The highest BCUT2D eigenvalue weighted by molar-refractivity contribution is 14.1. The van der Waals surface area contributed by atoms with Crippen molar-refractivity contribution in [2.24, 2.45) is 5.73 Å². The van der Waals surface area contributed by atoms with Gasteiger partial charge in [0.25, 0.3) is 0 Å².